The molecule has 0 amide bonds. The Kier molecular flexibility index (Phi) is 5.93. The van der Waals surface area contributed by atoms with Gasteiger partial charge in [0.1, 0.15) is 5.82 Å². The zero-order valence-corrected chi connectivity index (χ0v) is 10.6. The zero-order valence-electron chi connectivity index (χ0n) is 10.6. The van der Waals surface area contributed by atoms with Crippen molar-refractivity contribution in [1.82, 2.24) is 4.90 Å². The van der Waals surface area contributed by atoms with Gasteiger partial charge in [0, 0.05) is 20.2 Å². The molecule has 102 valence electrons. The van der Waals surface area contributed by atoms with Crippen LogP contribution in [0.5, 0.6) is 0 Å². The monoisotopic (exact) mass is 266 g/mol. The zero-order chi connectivity index (χ0) is 14.3. The lowest BCUT2D eigenvalue weighted by atomic mass is 10.1. The molecular formula is C13H15FN2O3. The molecule has 5 nitrogen and oxygen atoms in total. The standard InChI is InChI=1S/C13H15FN2O3/c1-19-3-2-16(9-13(17)18)8-11-4-10(7-15)5-12(14)6-11/h4-6H,2-3,8-9H2,1H3,(H,17,18). The molecule has 6 heteroatoms. The molecule has 0 heterocycles. The van der Waals surface area contributed by atoms with Crippen molar-refractivity contribution in [3.63, 3.8) is 0 Å². The molecule has 1 N–H and O–H groups in total. The SMILES string of the molecule is COCCN(CC(=O)O)Cc1cc(F)cc(C#N)c1. The number of benzene rings is 1. The van der Waals surface area contributed by atoms with Crippen LogP contribution in [0.15, 0.2) is 18.2 Å². The number of methoxy groups -OCH3 is 1. The summed E-state index contributed by atoms with van der Waals surface area (Å²) in [6, 6.07) is 5.85. The fourth-order valence-corrected chi connectivity index (χ4v) is 1.69. The molecule has 0 saturated heterocycles. The van der Waals surface area contributed by atoms with Crippen LogP contribution < -0.4 is 0 Å². The molecule has 1 aromatic rings. The third-order valence-corrected chi connectivity index (χ3v) is 2.46. The topological polar surface area (TPSA) is 73.6 Å². The van der Waals surface area contributed by atoms with Crippen LogP contribution in [0.2, 0.25) is 0 Å². The summed E-state index contributed by atoms with van der Waals surface area (Å²) in [5, 5.41) is 17.6. The van der Waals surface area contributed by atoms with Gasteiger partial charge >= 0.3 is 5.97 Å². The number of hydrogen-bond donors (Lipinski definition) is 1. The minimum Gasteiger partial charge on any atom is -0.480 e. The number of halogens is 1. The van der Waals surface area contributed by atoms with Crippen molar-refractivity contribution >= 4 is 5.97 Å². The van der Waals surface area contributed by atoms with Gasteiger partial charge < -0.3 is 9.84 Å². The van der Waals surface area contributed by atoms with Gasteiger partial charge in [0.05, 0.1) is 24.8 Å². The van der Waals surface area contributed by atoms with Crippen LogP contribution in [0, 0.1) is 17.1 Å². The van der Waals surface area contributed by atoms with Crippen LogP contribution in [0.3, 0.4) is 0 Å². The summed E-state index contributed by atoms with van der Waals surface area (Å²) in [4.78, 5) is 12.4. The summed E-state index contributed by atoms with van der Waals surface area (Å²) < 4.78 is 18.2. The van der Waals surface area contributed by atoms with Crippen molar-refractivity contribution < 1.29 is 19.0 Å². The van der Waals surface area contributed by atoms with Gasteiger partial charge in [0.15, 0.2) is 0 Å². The highest BCUT2D eigenvalue weighted by atomic mass is 19.1. The molecule has 0 aliphatic carbocycles. The first-order valence-corrected chi connectivity index (χ1v) is 5.68. The van der Waals surface area contributed by atoms with E-state index < -0.39 is 11.8 Å². The van der Waals surface area contributed by atoms with E-state index in [4.69, 9.17) is 15.1 Å². The third kappa shape index (κ3) is 5.46. The molecule has 0 aromatic heterocycles. The second-order valence-corrected chi connectivity index (χ2v) is 4.06. The Morgan fingerprint density at radius 3 is 2.84 bits per heavy atom. The second-order valence-electron chi connectivity index (χ2n) is 4.06. The van der Waals surface area contributed by atoms with Crippen molar-refractivity contribution in [3.8, 4) is 6.07 Å². The second kappa shape index (κ2) is 7.46. The molecule has 0 bridgehead atoms. The Labute approximate surface area is 110 Å². The van der Waals surface area contributed by atoms with Crippen LogP contribution in [0.25, 0.3) is 0 Å². The lowest BCUT2D eigenvalue weighted by molar-refractivity contribution is -0.138. The Morgan fingerprint density at radius 1 is 1.53 bits per heavy atom. The fourth-order valence-electron chi connectivity index (χ4n) is 1.69. The van der Waals surface area contributed by atoms with E-state index in [9.17, 15) is 9.18 Å². The maximum Gasteiger partial charge on any atom is 0.317 e. The molecule has 0 aliphatic rings. The van der Waals surface area contributed by atoms with Crippen LogP contribution in [-0.4, -0.2) is 42.8 Å². The van der Waals surface area contributed by atoms with Crippen LogP contribution >= 0.6 is 0 Å². The largest absolute Gasteiger partial charge is 0.480 e. The molecule has 0 atom stereocenters. The number of carboxylic acids is 1. The molecule has 1 aromatic carbocycles. The van der Waals surface area contributed by atoms with E-state index in [-0.39, 0.29) is 18.7 Å². The van der Waals surface area contributed by atoms with Gasteiger partial charge in [-0.3, -0.25) is 9.69 Å². The summed E-state index contributed by atoms with van der Waals surface area (Å²) in [7, 11) is 1.52. The van der Waals surface area contributed by atoms with Gasteiger partial charge in [-0.1, -0.05) is 0 Å². The Morgan fingerprint density at radius 2 is 2.26 bits per heavy atom. The maximum atomic E-state index is 13.3. The first-order valence-electron chi connectivity index (χ1n) is 5.68. The smallest absolute Gasteiger partial charge is 0.317 e. The van der Waals surface area contributed by atoms with E-state index in [1.165, 1.54) is 13.2 Å². The van der Waals surface area contributed by atoms with E-state index in [0.29, 0.717) is 18.7 Å². The summed E-state index contributed by atoms with van der Waals surface area (Å²) >= 11 is 0. The molecule has 1 rings (SSSR count). The maximum absolute atomic E-state index is 13.3. The number of carbonyl (C=O) groups is 1. The van der Waals surface area contributed by atoms with Gasteiger partial charge in [-0.25, -0.2) is 4.39 Å². The average molecular weight is 266 g/mol. The molecule has 0 fully saturated rings. The van der Waals surface area contributed by atoms with E-state index in [1.54, 1.807) is 11.0 Å². The van der Waals surface area contributed by atoms with E-state index in [2.05, 4.69) is 0 Å². The number of carboxylic acid groups (broad SMARTS) is 1. The molecule has 0 saturated carbocycles. The molecular weight excluding hydrogens is 251 g/mol. The van der Waals surface area contributed by atoms with Gasteiger partial charge in [0.25, 0.3) is 0 Å². The lowest BCUT2D eigenvalue weighted by Gasteiger charge is -2.19. The minimum atomic E-state index is -0.965. The normalized spacial score (nSPS) is 10.4. The highest BCUT2D eigenvalue weighted by Gasteiger charge is 2.11. The number of ether oxygens (including phenoxy) is 1. The van der Waals surface area contributed by atoms with Crippen LogP contribution in [0.4, 0.5) is 4.39 Å². The number of aliphatic carboxylic acids is 1. The summed E-state index contributed by atoms with van der Waals surface area (Å²) in [6.45, 7) is 0.888. The third-order valence-electron chi connectivity index (χ3n) is 2.46. The number of nitrogens with zero attached hydrogens (tertiary/aromatic N) is 2. The molecule has 0 unspecified atom stereocenters. The van der Waals surface area contributed by atoms with Gasteiger partial charge in [0.2, 0.25) is 0 Å². The Hall–Kier alpha value is -1.97. The van der Waals surface area contributed by atoms with E-state index in [1.807, 2.05) is 6.07 Å². The fraction of sp³-hybridized carbons (Fsp3) is 0.385. The summed E-state index contributed by atoms with van der Waals surface area (Å²) in [5.74, 6) is -1.47. The predicted octanol–water partition coefficient (Wildman–Crippen LogP) is 1.23. The molecule has 0 aliphatic heterocycles. The van der Waals surface area contributed by atoms with Crippen LogP contribution in [-0.2, 0) is 16.1 Å². The van der Waals surface area contributed by atoms with Gasteiger partial charge in [-0.05, 0) is 23.8 Å². The lowest BCUT2D eigenvalue weighted by Crippen LogP contribution is -2.32. The van der Waals surface area contributed by atoms with Crippen molar-refractivity contribution in [2.45, 2.75) is 6.54 Å². The summed E-state index contributed by atoms with van der Waals surface area (Å²) in [6.07, 6.45) is 0. The van der Waals surface area contributed by atoms with Gasteiger partial charge in [-0.2, -0.15) is 5.26 Å². The summed E-state index contributed by atoms with van der Waals surface area (Å²) in [5.41, 5.74) is 0.783. The van der Waals surface area contributed by atoms with E-state index >= 15 is 0 Å². The highest BCUT2D eigenvalue weighted by molar-refractivity contribution is 5.69. The van der Waals surface area contributed by atoms with Crippen molar-refractivity contribution in [2.24, 2.45) is 0 Å². The van der Waals surface area contributed by atoms with Crippen molar-refractivity contribution in [1.29, 1.82) is 5.26 Å². The quantitative estimate of drug-likeness (QED) is 0.803. The number of nitriles is 1. The number of rotatable bonds is 7. The number of hydrogen-bond acceptors (Lipinski definition) is 4. The molecule has 19 heavy (non-hydrogen) atoms. The van der Waals surface area contributed by atoms with Crippen molar-refractivity contribution in [3.05, 3.63) is 35.1 Å². The average Bonchev–Trinajstić information content (AvgIpc) is 2.34. The van der Waals surface area contributed by atoms with Crippen LogP contribution in [0.1, 0.15) is 11.1 Å². The Balaban J connectivity index is 2.80. The van der Waals surface area contributed by atoms with E-state index in [0.717, 1.165) is 6.07 Å². The predicted molar refractivity (Wildman–Crippen MR) is 65.9 cm³/mol. The highest BCUT2D eigenvalue weighted by Crippen LogP contribution is 2.11. The van der Waals surface area contributed by atoms with Gasteiger partial charge in [-0.15, -0.1) is 0 Å². The molecule has 0 spiro atoms. The van der Waals surface area contributed by atoms with Crippen molar-refractivity contribution in [2.75, 3.05) is 26.8 Å². The first kappa shape index (κ1) is 15.1. The molecule has 0 radical (unpaired) electrons. The first-order chi connectivity index (χ1) is 9.05. The minimum absolute atomic E-state index is 0.165. The Bertz CT molecular complexity index is 485.